The van der Waals surface area contributed by atoms with E-state index in [2.05, 4.69) is 4.72 Å². The lowest BCUT2D eigenvalue weighted by atomic mass is 9.67. The number of hydrogen-bond acceptors (Lipinski definition) is 3. The minimum absolute atomic E-state index is 0.0138. The van der Waals surface area contributed by atoms with E-state index in [9.17, 15) is 13.2 Å². The van der Waals surface area contributed by atoms with Gasteiger partial charge in [-0.2, -0.15) is 0 Å². The van der Waals surface area contributed by atoms with Crippen LogP contribution in [0.4, 0.5) is 0 Å². The van der Waals surface area contributed by atoms with E-state index in [0.717, 1.165) is 38.5 Å². The summed E-state index contributed by atoms with van der Waals surface area (Å²) in [5.74, 6) is -0.0225. The van der Waals surface area contributed by atoms with Crippen LogP contribution < -0.4 is 4.72 Å². The standard InChI is InChI=1S/C13H24N2O3S/c1-4-10(2)11(14-19(3,17)18)12(16)15-9-8-13(15)6-5-7-13/h10-11,14H,4-9H2,1-3H3/t10-,11+/m1/s1. The Bertz CT molecular complexity index is 451. The fraction of sp³-hybridized carbons (Fsp3) is 0.923. The van der Waals surface area contributed by atoms with E-state index in [-0.39, 0.29) is 17.4 Å². The fourth-order valence-corrected chi connectivity index (χ4v) is 3.83. The van der Waals surface area contributed by atoms with Gasteiger partial charge in [-0.15, -0.1) is 0 Å². The first-order valence-corrected chi connectivity index (χ1v) is 8.97. The van der Waals surface area contributed by atoms with Crippen molar-refractivity contribution in [3.05, 3.63) is 0 Å². The molecule has 0 aromatic heterocycles. The van der Waals surface area contributed by atoms with E-state index in [0.29, 0.717) is 0 Å². The smallest absolute Gasteiger partial charge is 0.241 e. The van der Waals surface area contributed by atoms with Crippen LogP contribution in [-0.4, -0.2) is 43.6 Å². The predicted octanol–water partition coefficient (Wildman–Crippen LogP) is 1.11. The van der Waals surface area contributed by atoms with Gasteiger partial charge in [0.2, 0.25) is 15.9 Å². The molecule has 2 atom stereocenters. The Morgan fingerprint density at radius 3 is 2.32 bits per heavy atom. The molecule has 1 saturated heterocycles. The first kappa shape index (κ1) is 14.8. The molecule has 1 aliphatic heterocycles. The van der Waals surface area contributed by atoms with Crippen LogP contribution in [0.25, 0.3) is 0 Å². The minimum Gasteiger partial charge on any atom is -0.335 e. The number of hydrogen-bond donors (Lipinski definition) is 1. The summed E-state index contributed by atoms with van der Waals surface area (Å²) in [7, 11) is -3.36. The average Bonchev–Trinajstić information content (AvgIpc) is 2.20. The van der Waals surface area contributed by atoms with Gasteiger partial charge in [0, 0.05) is 12.1 Å². The number of carbonyl (C=O) groups excluding carboxylic acids is 1. The second kappa shape index (κ2) is 5.05. The molecule has 0 radical (unpaired) electrons. The molecule has 0 aromatic carbocycles. The van der Waals surface area contributed by atoms with Crippen LogP contribution in [0, 0.1) is 5.92 Å². The molecular formula is C13H24N2O3S. The van der Waals surface area contributed by atoms with Crippen molar-refractivity contribution in [3.8, 4) is 0 Å². The van der Waals surface area contributed by atoms with Gasteiger partial charge in [-0.1, -0.05) is 20.3 Å². The van der Waals surface area contributed by atoms with Gasteiger partial charge in [0.05, 0.1) is 6.26 Å². The SMILES string of the molecule is CC[C@@H](C)[C@H](NS(C)(=O)=O)C(=O)N1CCC12CCC2. The van der Waals surface area contributed by atoms with Gasteiger partial charge >= 0.3 is 0 Å². The highest BCUT2D eigenvalue weighted by atomic mass is 32.2. The second-order valence-corrected chi connectivity index (χ2v) is 7.85. The lowest BCUT2D eigenvalue weighted by molar-refractivity contribution is -0.158. The predicted molar refractivity (Wildman–Crippen MR) is 74.1 cm³/mol. The second-order valence-electron chi connectivity index (χ2n) is 6.07. The van der Waals surface area contributed by atoms with Crippen molar-refractivity contribution < 1.29 is 13.2 Å². The molecule has 1 spiro atoms. The third kappa shape index (κ3) is 2.79. The molecule has 5 nitrogen and oxygen atoms in total. The van der Waals surface area contributed by atoms with E-state index in [1.165, 1.54) is 6.42 Å². The number of sulfonamides is 1. The zero-order valence-corrected chi connectivity index (χ0v) is 12.8. The first-order valence-electron chi connectivity index (χ1n) is 7.08. The molecule has 1 saturated carbocycles. The first-order chi connectivity index (χ1) is 8.79. The van der Waals surface area contributed by atoms with E-state index in [4.69, 9.17) is 0 Å². The lowest BCUT2D eigenvalue weighted by Crippen LogP contribution is -2.69. The molecule has 6 heteroatoms. The number of likely N-dealkylation sites (tertiary alicyclic amines) is 1. The zero-order valence-electron chi connectivity index (χ0n) is 12.0. The van der Waals surface area contributed by atoms with Crippen LogP contribution in [0.5, 0.6) is 0 Å². The van der Waals surface area contributed by atoms with Crippen LogP contribution in [0.15, 0.2) is 0 Å². The normalized spacial score (nSPS) is 24.5. The van der Waals surface area contributed by atoms with Crippen molar-refractivity contribution in [2.45, 2.75) is 57.5 Å². The molecule has 19 heavy (non-hydrogen) atoms. The van der Waals surface area contributed by atoms with Crippen molar-refractivity contribution in [1.29, 1.82) is 0 Å². The summed E-state index contributed by atoms with van der Waals surface area (Å²) in [6.07, 6.45) is 6.29. The van der Waals surface area contributed by atoms with Crippen LogP contribution in [0.3, 0.4) is 0 Å². The Kier molecular flexibility index (Phi) is 3.93. The monoisotopic (exact) mass is 288 g/mol. The summed E-state index contributed by atoms with van der Waals surface area (Å²) in [5.41, 5.74) is 0.0714. The maximum absolute atomic E-state index is 12.6. The molecule has 0 aromatic rings. The Balaban J connectivity index is 2.11. The van der Waals surface area contributed by atoms with Gasteiger partial charge in [-0.3, -0.25) is 4.79 Å². The fourth-order valence-electron chi connectivity index (χ4n) is 3.03. The maximum Gasteiger partial charge on any atom is 0.241 e. The maximum atomic E-state index is 12.6. The molecular weight excluding hydrogens is 264 g/mol. The third-order valence-corrected chi connectivity index (χ3v) is 5.43. The van der Waals surface area contributed by atoms with Crippen LogP contribution in [-0.2, 0) is 14.8 Å². The highest BCUT2D eigenvalue weighted by Gasteiger charge is 2.52. The van der Waals surface area contributed by atoms with Gasteiger partial charge in [-0.25, -0.2) is 13.1 Å². The number of amides is 1. The number of rotatable bonds is 5. The molecule has 2 fully saturated rings. The molecule has 1 heterocycles. The Morgan fingerprint density at radius 2 is 2.00 bits per heavy atom. The molecule has 0 unspecified atom stereocenters. The summed E-state index contributed by atoms with van der Waals surface area (Å²) in [6, 6.07) is -0.613. The molecule has 0 bridgehead atoms. The van der Waals surface area contributed by atoms with Crippen molar-refractivity contribution in [1.82, 2.24) is 9.62 Å². The van der Waals surface area contributed by atoms with Crippen LogP contribution in [0.2, 0.25) is 0 Å². The molecule has 2 rings (SSSR count). The Hall–Kier alpha value is -0.620. The van der Waals surface area contributed by atoms with Gasteiger partial charge in [0.15, 0.2) is 0 Å². The topological polar surface area (TPSA) is 66.5 Å². The van der Waals surface area contributed by atoms with E-state index in [1.54, 1.807) is 0 Å². The van der Waals surface area contributed by atoms with E-state index < -0.39 is 16.1 Å². The Labute approximate surface area is 115 Å². The largest absolute Gasteiger partial charge is 0.335 e. The molecule has 1 amide bonds. The number of nitrogens with zero attached hydrogens (tertiary/aromatic N) is 1. The highest BCUT2D eigenvalue weighted by Crippen LogP contribution is 2.47. The van der Waals surface area contributed by atoms with Gasteiger partial charge in [0.25, 0.3) is 0 Å². The lowest BCUT2D eigenvalue weighted by Gasteiger charge is -2.59. The summed E-state index contributed by atoms with van der Waals surface area (Å²) in [6.45, 7) is 4.68. The molecule has 1 N–H and O–H groups in total. The van der Waals surface area contributed by atoms with Gasteiger partial charge < -0.3 is 4.90 Å². The van der Waals surface area contributed by atoms with Crippen LogP contribution in [0.1, 0.15) is 46.0 Å². The molecule has 2 aliphatic rings. The summed E-state index contributed by atoms with van der Waals surface area (Å²) >= 11 is 0. The van der Waals surface area contributed by atoms with Gasteiger partial charge in [-0.05, 0) is 31.6 Å². The summed E-state index contributed by atoms with van der Waals surface area (Å²) in [5, 5.41) is 0. The van der Waals surface area contributed by atoms with Crippen molar-refractivity contribution >= 4 is 15.9 Å². The third-order valence-electron chi connectivity index (χ3n) is 4.74. The summed E-state index contributed by atoms with van der Waals surface area (Å²) < 4.78 is 25.4. The highest BCUT2D eigenvalue weighted by molar-refractivity contribution is 7.88. The average molecular weight is 288 g/mol. The molecule has 1 aliphatic carbocycles. The Morgan fingerprint density at radius 1 is 1.37 bits per heavy atom. The molecule has 110 valence electrons. The van der Waals surface area contributed by atoms with Crippen LogP contribution >= 0.6 is 0 Å². The van der Waals surface area contributed by atoms with Crippen molar-refractivity contribution in [3.63, 3.8) is 0 Å². The van der Waals surface area contributed by atoms with E-state index >= 15 is 0 Å². The quantitative estimate of drug-likeness (QED) is 0.824. The van der Waals surface area contributed by atoms with Crippen molar-refractivity contribution in [2.75, 3.05) is 12.8 Å². The minimum atomic E-state index is -3.36. The number of carbonyl (C=O) groups is 1. The van der Waals surface area contributed by atoms with Gasteiger partial charge in [0.1, 0.15) is 6.04 Å². The number of nitrogens with one attached hydrogen (secondary N) is 1. The van der Waals surface area contributed by atoms with E-state index in [1.807, 2.05) is 18.7 Å². The van der Waals surface area contributed by atoms with Crippen molar-refractivity contribution in [2.24, 2.45) is 5.92 Å². The summed E-state index contributed by atoms with van der Waals surface area (Å²) in [4.78, 5) is 14.5. The zero-order chi connectivity index (χ0) is 14.3.